The number of fused-ring (bicyclic) bond motifs is 1. The van der Waals surface area contributed by atoms with Gasteiger partial charge in [0, 0.05) is 31.2 Å². The second-order valence-corrected chi connectivity index (χ2v) is 9.24. The number of nitrogens with two attached hydrogens (primary N) is 1. The Morgan fingerprint density at radius 3 is 2.50 bits per heavy atom. The van der Waals surface area contributed by atoms with Gasteiger partial charge in [0.1, 0.15) is 0 Å². The van der Waals surface area contributed by atoms with E-state index in [1.165, 1.54) is 9.13 Å². The number of anilines is 1. The van der Waals surface area contributed by atoms with Crippen LogP contribution >= 0.6 is 11.6 Å². The van der Waals surface area contributed by atoms with E-state index >= 15 is 0 Å². The van der Waals surface area contributed by atoms with Crippen LogP contribution in [0.5, 0.6) is 0 Å². The molecule has 2 aromatic carbocycles. The summed E-state index contributed by atoms with van der Waals surface area (Å²) < 4.78 is 4.61. The van der Waals surface area contributed by atoms with Crippen molar-refractivity contribution in [2.24, 2.45) is 12.8 Å². The molecule has 0 radical (unpaired) electrons. The molecule has 1 aliphatic heterocycles. The zero-order valence-electron chi connectivity index (χ0n) is 19.0. The number of aryl methyl sites for hydroxylation is 1. The Morgan fingerprint density at radius 1 is 1.03 bits per heavy atom. The van der Waals surface area contributed by atoms with Crippen LogP contribution in [0.15, 0.2) is 64.2 Å². The smallest absolute Gasteiger partial charge is 0.332 e. The van der Waals surface area contributed by atoms with Crippen LogP contribution in [-0.2, 0) is 20.1 Å². The molecule has 4 aromatic rings. The van der Waals surface area contributed by atoms with Gasteiger partial charge in [0.2, 0.25) is 5.95 Å². The maximum absolute atomic E-state index is 13.8. The van der Waals surface area contributed by atoms with Gasteiger partial charge in [-0.3, -0.25) is 18.5 Å². The summed E-state index contributed by atoms with van der Waals surface area (Å²) in [6.45, 7) is 1.96. The molecule has 0 amide bonds. The molecule has 1 aliphatic rings. The first-order chi connectivity index (χ1) is 16.4. The molecular formula is C25H27ClN6O2. The molecule has 1 fully saturated rings. The Labute approximate surface area is 201 Å². The molecule has 0 saturated carbocycles. The highest BCUT2D eigenvalue weighted by atomic mass is 35.5. The van der Waals surface area contributed by atoms with Crippen LogP contribution in [0.3, 0.4) is 0 Å². The Balaban J connectivity index is 1.74. The van der Waals surface area contributed by atoms with E-state index in [1.54, 1.807) is 7.05 Å². The molecule has 8 nitrogen and oxygen atoms in total. The summed E-state index contributed by atoms with van der Waals surface area (Å²) >= 11 is 6.48. The SMILES string of the molecule is Cn1c(=O)n(Cc2ccccc2)c(=O)c2c1nc(N1CCC[C@@H](N)C1)n2Cc1ccccc1Cl. The summed E-state index contributed by atoms with van der Waals surface area (Å²) in [6.07, 6.45) is 1.89. The van der Waals surface area contributed by atoms with Gasteiger partial charge in [0.25, 0.3) is 5.56 Å². The second kappa shape index (κ2) is 9.12. The van der Waals surface area contributed by atoms with Crippen molar-refractivity contribution in [1.29, 1.82) is 0 Å². The lowest BCUT2D eigenvalue weighted by molar-refractivity contribution is 0.495. The fourth-order valence-corrected chi connectivity index (χ4v) is 4.84. The maximum Gasteiger partial charge on any atom is 0.332 e. The Kier molecular flexibility index (Phi) is 6.02. The highest BCUT2D eigenvalue weighted by molar-refractivity contribution is 6.31. The highest BCUT2D eigenvalue weighted by Gasteiger charge is 2.26. The van der Waals surface area contributed by atoms with Gasteiger partial charge in [-0.25, -0.2) is 4.79 Å². The average molecular weight is 479 g/mol. The van der Waals surface area contributed by atoms with E-state index in [9.17, 15) is 9.59 Å². The van der Waals surface area contributed by atoms with E-state index in [0.29, 0.717) is 35.2 Å². The molecule has 3 heterocycles. The topological polar surface area (TPSA) is 91.1 Å². The zero-order valence-corrected chi connectivity index (χ0v) is 19.8. The molecule has 2 aromatic heterocycles. The predicted octanol–water partition coefficient (Wildman–Crippen LogP) is 2.57. The number of aromatic nitrogens is 4. The van der Waals surface area contributed by atoms with E-state index < -0.39 is 5.69 Å². The molecular weight excluding hydrogens is 452 g/mol. The second-order valence-electron chi connectivity index (χ2n) is 8.83. The first kappa shape index (κ1) is 22.4. The van der Waals surface area contributed by atoms with Gasteiger partial charge >= 0.3 is 5.69 Å². The van der Waals surface area contributed by atoms with Crippen LogP contribution < -0.4 is 21.9 Å². The summed E-state index contributed by atoms with van der Waals surface area (Å²) in [5.41, 5.74) is 7.98. The van der Waals surface area contributed by atoms with Crippen molar-refractivity contribution in [2.45, 2.75) is 32.0 Å². The summed E-state index contributed by atoms with van der Waals surface area (Å²) in [7, 11) is 1.66. The van der Waals surface area contributed by atoms with Crippen molar-refractivity contribution < 1.29 is 0 Å². The van der Waals surface area contributed by atoms with E-state index in [1.807, 2.05) is 59.2 Å². The molecule has 2 N–H and O–H groups in total. The third-order valence-electron chi connectivity index (χ3n) is 6.42. The number of nitrogens with zero attached hydrogens (tertiary/aromatic N) is 5. The van der Waals surface area contributed by atoms with Crippen molar-refractivity contribution in [3.8, 4) is 0 Å². The largest absolute Gasteiger partial charge is 0.341 e. The third kappa shape index (κ3) is 4.03. The first-order valence-corrected chi connectivity index (χ1v) is 11.8. The predicted molar refractivity (Wildman–Crippen MR) is 135 cm³/mol. The molecule has 9 heteroatoms. The fraction of sp³-hybridized carbons (Fsp3) is 0.320. The van der Waals surface area contributed by atoms with Gasteiger partial charge in [-0.2, -0.15) is 4.98 Å². The first-order valence-electron chi connectivity index (χ1n) is 11.4. The number of halogens is 1. The molecule has 34 heavy (non-hydrogen) atoms. The summed E-state index contributed by atoms with van der Waals surface area (Å²) in [4.78, 5) is 33.9. The van der Waals surface area contributed by atoms with Crippen LogP contribution in [-0.4, -0.2) is 37.8 Å². The van der Waals surface area contributed by atoms with Gasteiger partial charge in [-0.1, -0.05) is 60.1 Å². The van der Waals surface area contributed by atoms with Gasteiger partial charge in [0.15, 0.2) is 11.2 Å². The van der Waals surface area contributed by atoms with Crippen LogP contribution in [0.2, 0.25) is 5.02 Å². The summed E-state index contributed by atoms with van der Waals surface area (Å²) in [5.74, 6) is 0.634. The monoisotopic (exact) mass is 478 g/mol. The minimum atomic E-state index is -0.398. The van der Waals surface area contributed by atoms with Crippen molar-refractivity contribution in [1.82, 2.24) is 18.7 Å². The average Bonchev–Trinajstić information content (AvgIpc) is 3.22. The fourth-order valence-electron chi connectivity index (χ4n) is 4.65. The standard InChI is InChI=1S/C25H27ClN6O2/c1-29-22-21(23(33)32(25(29)34)14-17-8-3-2-4-9-17)31(15-18-10-5-6-12-20(18)26)24(28-22)30-13-7-11-19(27)16-30/h2-6,8-10,12,19H,7,11,13-16,27H2,1H3/t19-/m1/s1. The molecule has 0 bridgehead atoms. The number of rotatable bonds is 5. The van der Waals surface area contributed by atoms with Crippen molar-refractivity contribution in [3.05, 3.63) is 91.6 Å². The molecule has 0 aliphatic carbocycles. The normalized spacial score (nSPS) is 16.3. The van der Waals surface area contributed by atoms with E-state index in [0.717, 1.165) is 30.5 Å². The number of benzene rings is 2. The minimum absolute atomic E-state index is 0.0286. The molecule has 5 rings (SSSR count). The highest BCUT2D eigenvalue weighted by Crippen LogP contribution is 2.26. The summed E-state index contributed by atoms with van der Waals surface area (Å²) in [6, 6.07) is 17.1. The zero-order chi connectivity index (χ0) is 23.8. The van der Waals surface area contributed by atoms with Crippen LogP contribution in [0.1, 0.15) is 24.0 Å². The lowest BCUT2D eigenvalue weighted by Gasteiger charge is -2.32. The van der Waals surface area contributed by atoms with Crippen LogP contribution in [0.25, 0.3) is 11.2 Å². The van der Waals surface area contributed by atoms with Crippen molar-refractivity contribution >= 4 is 28.7 Å². The van der Waals surface area contributed by atoms with Crippen molar-refractivity contribution in [3.63, 3.8) is 0 Å². The third-order valence-corrected chi connectivity index (χ3v) is 6.79. The Bertz CT molecular complexity index is 1460. The van der Waals surface area contributed by atoms with Gasteiger partial charge in [-0.15, -0.1) is 0 Å². The molecule has 0 unspecified atom stereocenters. The Morgan fingerprint density at radius 2 is 1.76 bits per heavy atom. The van der Waals surface area contributed by atoms with Crippen LogP contribution in [0, 0.1) is 0 Å². The maximum atomic E-state index is 13.8. The molecule has 0 spiro atoms. The van der Waals surface area contributed by atoms with E-state index in [4.69, 9.17) is 22.3 Å². The number of hydrogen-bond acceptors (Lipinski definition) is 5. The lowest BCUT2D eigenvalue weighted by atomic mass is 10.1. The van der Waals surface area contributed by atoms with Gasteiger partial charge < -0.3 is 10.6 Å². The summed E-state index contributed by atoms with van der Waals surface area (Å²) in [5, 5.41) is 0.611. The van der Waals surface area contributed by atoms with Crippen LogP contribution in [0.4, 0.5) is 5.95 Å². The number of imidazole rings is 1. The van der Waals surface area contributed by atoms with E-state index in [-0.39, 0.29) is 18.1 Å². The molecule has 1 saturated heterocycles. The van der Waals surface area contributed by atoms with Crippen molar-refractivity contribution in [2.75, 3.05) is 18.0 Å². The molecule has 1 atom stereocenters. The minimum Gasteiger partial charge on any atom is -0.341 e. The molecule has 176 valence electrons. The number of piperidine rings is 1. The Hall–Kier alpha value is -3.36. The van der Waals surface area contributed by atoms with Gasteiger partial charge in [0.05, 0.1) is 13.1 Å². The lowest BCUT2D eigenvalue weighted by Crippen LogP contribution is -2.44. The van der Waals surface area contributed by atoms with E-state index in [2.05, 4.69) is 4.90 Å². The van der Waals surface area contributed by atoms with Gasteiger partial charge in [-0.05, 0) is 30.0 Å². The number of hydrogen-bond donors (Lipinski definition) is 1. The quantitative estimate of drug-likeness (QED) is 0.476.